The Morgan fingerprint density at radius 2 is 2.00 bits per heavy atom. The first-order valence-corrected chi connectivity index (χ1v) is 9.64. The number of nitrogens with one attached hydrogen (secondary N) is 1. The summed E-state index contributed by atoms with van der Waals surface area (Å²) in [5.74, 6) is 0.847. The van der Waals surface area contributed by atoms with Gasteiger partial charge in [-0.15, -0.1) is 0 Å². The van der Waals surface area contributed by atoms with E-state index in [9.17, 15) is 4.79 Å². The molecule has 1 saturated carbocycles. The maximum Gasteiger partial charge on any atom is 0.160 e. The third-order valence-electron chi connectivity index (χ3n) is 6.43. The molecule has 0 saturated heterocycles. The van der Waals surface area contributed by atoms with Crippen LogP contribution in [0.4, 0.5) is 0 Å². The molecule has 4 nitrogen and oxygen atoms in total. The van der Waals surface area contributed by atoms with Crippen LogP contribution in [0.5, 0.6) is 0 Å². The second kappa shape index (κ2) is 5.15. The van der Waals surface area contributed by atoms with Gasteiger partial charge in [0.2, 0.25) is 0 Å². The second-order valence-corrected chi connectivity index (χ2v) is 9.20. The highest BCUT2D eigenvalue weighted by Crippen LogP contribution is 2.55. The van der Waals surface area contributed by atoms with Gasteiger partial charge < -0.3 is 0 Å². The van der Waals surface area contributed by atoms with Crippen molar-refractivity contribution >= 4 is 5.78 Å². The fraction of sp³-hybridized carbons (Fsp3) is 0.500. The van der Waals surface area contributed by atoms with Crippen molar-refractivity contribution in [1.82, 2.24) is 15.2 Å². The van der Waals surface area contributed by atoms with Crippen molar-refractivity contribution < 1.29 is 4.79 Å². The lowest BCUT2D eigenvalue weighted by atomic mass is 9.58. The van der Waals surface area contributed by atoms with E-state index >= 15 is 0 Å². The minimum atomic E-state index is -0.449. The zero-order valence-electron chi connectivity index (χ0n) is 15.7. The third kappa shape index (κ3) is 2.17. The molecule has 0 aliphatic heterocycles. The van der Waals surface area contributed by atoms with Crippen molar-refractivity contribution in [2.24, 2.45) is 5.41 Å². The summed E-state index contributed by atoms with van der Waals surface area (Å²) in [5.41, 5.74) is 6.61. The number of nitrogens with zero attached hydrogens (tertiary/aromatic N) is 2. The summed E-state index contributed by atoms with van der Waals surface area (Å²) in [6.07, 6.45) is 8.55. The van der Waals surface area contributed by atoms with Gasteiger partial charge in [0.15, 0.2) is 5.78 Å². The predicted octanol–water partition coefficient (Wildman–Crippen LogP) is 4.23. The summed E-state index contributed by atoms with van der Waals surface area (Å²) < 4.78 is 0. The van der Waals surface area contributed by atoms with Crippen LogP contribution in [0.1, 0.15) is 74.9 Å². The average Bonchev–Trinajstić information content (AvgIpc) is 3.34. The maximum absolute atomic E-state index is 13.4. The zero-order valence-corrected chi connectivity index (χ0v) is 15.7. The highest BCUT2D eigenvalue weighted by Gasteiger charge is 2.50. The topological polar surface area (TPSA) is 58.6 Å². The van der Waals surface area contributed by atoms with E-state index in [0.29, 0.717) is 18.1 Å². The molecule has 0 amide bonds. The van der Waals surface area contributed by atoms with Crippen LogP contribution in [-0.4, -0.2) is 21.0 Å². The molecule has 5 rings (SSSR count). The van der Waals surface area contributed by atoms with Gasteiger partial charge in [-0.3, -0.25) is 14.9 Å². The van der Waals surface area contributed by atoms with E-state index in [2.05, 4.69) is 36.9 Å². The van der Waals surface area contributed by atoms with Crippen LogP contribution in [0.25, 0.3) is 0 Å². The molecule has 3 aliphatic carbocycles. The third-order valence-corrected chi connectivity index (χ3v) is 6.43. The van der Waals surface area contributed by atoms with Gasteiger partial charge in [-0.05, 0) is 43.2 Å². The van der Waals surface area contributed by atoms with Crippen LogP contribution in [0.3, 0.4) is 0 Å². The molecule has 4 heteroatoms. The summed E-state index contributed by atoms with van der Waals surface area (Å²) in [5, 5.41) is 8.05. The highest BCUT2D eigenvalue weighted by atomic mass is 16.1. The van der Waals surface area contributed by atoms with Gasteiger partial charge in [0, 0.05) is 48.0 Å². The van der Waals surface area contributed by atoms with Crippen molar-refractivity contribution in [2.75, 3.05) is 0 Å². The maximum atomic E-state index is 13.4. The van der Waals surface area contributed by atoms with Gasteiger partial charge >= 0.3 is 0 Å². The monoisotopic (exact) mass is 347 g/mol. The van der Waals surface area contributed by atoms with Crippen molar-refractivity contribution in [1.29, 1.82) is 0 Å². The number of aromatic amines is 1. The van der Waals surface area contributed by atoms with Crippen molar-refractivity contribution in [3.8, 4) is 0 Å². The minimum absolute atomic E-state index is 0.0304. The van der Waals surface area contributed by atoms with Crippen LogP contribution >= 0.6 is 0 Å². The van der Waals surface area contributed by atoms with Gasteiger partial charge in [-0.2, -0.15) is 5.10 Å². The van der Waals surface area contributed by atoms with Crippen molar-refractivity contribution in [3.05, 3.63) is 58.2 Å². The van der Waals surface area contributed by atoms with Crippen LogP contribution in [0, 0.1) is 5.41 Å². The van der Waals surface area contributed by atoms with Gasteiger partial charge in [0.1, 0.15) is 0 Å². The molecule has 2 aromatic heterocycles. The molecule has 26 heavy (non-hydrogen) atoms. The normalized spacial score (nSPS) is 27.3. The molecule has 134 valence electrons. The van der Waals surface area contributed by atoms with Crippen LogP contribution in [0.15, 0.2) is 35.7 Å². The van der Waals surface area contributed by atoms with Crippen molar-refractivity contribution in [3.63, 3.8) is 0 Å². The quantitative estimate of drug-likeness (QED) is 0.884. The van der Waals surface area contributed by atoms with Gasteiger partial charge in [-0.1, -0.05) is 25.5 Å². The molecule has 1 atom stereocenters. The molecule has 0 bridgehead atoms. The molecule has 1 fully saturated rings. The fourth-order valence-corrected chi connectivity index (χ4v) is 5.25. The van der Waals surface area contributed by atoms with Gasteiger partial charge in [0.25, 0.3) is 0 Å². The number of hydrogen-bond acceptors (Lipinski definition) is 3. The predicted molar refractivity (Wildman–Crippen MR) is 100 cm³/mol. The average molecular weight is 347 g/mol. The summed E-state index contributed by atoms with van der Waals surface area (Å²) >= 11 is 0. The highest BCUT2D eigenvalue weighted by molar-refractivity contribution is 6.01. The number of H-pyrrole nitrogens is 1. The van der Waals surface area contributed by atoms with Crippen molar-refractivity contribution in [2.45, 2.75) is 64.2 Å². The lowest BCUT2D eigenvalue weighted by Gasteiger charge is -2.43. The SMILES string of the molecule is CC1(C)CC(=O)C2=C(Cc3[nH]nc(C4CC4)c3C2(C)c2cccnc2)C1. The number of rotatable bonds is 2. The first-order chi connectivity index (χ1) is 12.4. The first kappa shape index (κ1) is 16.0. The number of fused-ring (bicyclic) bond motifs is 1. The Labute approximate surface area is 154 Å². The molecule has 1 unspecified atom stereocenters. The lowest BCUT2D eigenvalue weighted by Crippen LogP contribution is -2.41. The fourth-order valence-electron chi connectivity index (χ4n) is 5.25. The van der Waals surface area contributed by atoms with Gasteiger partial charge in [0.05, 0.1) is 11.1 Å². The molecule has 1 N–H and O–H groups in total. The van der Waals surface area contributed by atoms with Crippen LogP contribution < -0.4 is 0 Å². The molecular weight excluding hydrogens is 322 g/mol. The Kier molecular flexibility index (Phi) is 3.17. The Morgan fingerprint density at radius 1 is 1.19 bits per heavy atom. The molecule has 2 heterocycles. The summed E-state index contributed by atoms with van der Waals surface area (Å²) in [4.78, 5) is 17.7. The number of carbonyl (C=O) groups is 1. The number of allylic oxidation sites excluding steroid dienone is 2. The Morgan fingerprint density at radius 3 is 2.69 bits per heavy atom. The smallest absolute Gasteiger partial charge is 0.160 e. The largest absolute Gasteiger partial charge is 0.294 e. The lowest BCUT2D eigenvalue weighted by molar-refractivity contribution is -0.118. The molecule has 2 aromatic rings. The van der Waals surface area contributed by atoms with E-state index in [1.807, 2.05) is 12.3 Å². The van der Waals surface area contributed by atoms with E-state index in [0.717, 1.165) is 24.0 Å². The molecule has 3 aliphatic rings. The number of Topliss-reactive ketones (excluding diaryl/α,β-unsaturated/α-hetero) is 1. The number of pyridine rings is 1. The summed E-state index contributed by atoms with van der Waals surface area (Å²) in [6.45, 7) is 6.62. The zero-order chi connectivity index (χ0) is 18.1. The second-order valence-electron chi connectivity index (χ2n) is 9.20. The molecule has 0 aromatic carbocycles. The number of ketones is 1. The first-order valence-electron chi connectivity index (χ1n) is 9.64. The standard InChI is InChI=1S/C22H25N3O/c1-21(2)10-14-9-16-19(20(25-24-16)13-6-7-13)22(3,18(14)17(26)11-21)15-5-4-8-23-12-15/h4-5,8,12-13H,6-7,9-11H2,1-3H3,(H,24,25). The number of aromatic nitrogens is 3. The number of carbonyl (C=O) groups excluding carboxylic acids is 1. The Balaban J connectivity index is 1.79. The van der Waals surface area contributed by atoms with E-state index in [1.165, 1.54) is 35.4 Å². The molecule has 0 spiro atoms. The van der Waals surface area contributed by atoms with E-state index in [-0.39, 0.29) is 5.41 Å². The molecule has 0 radical (unpaired) electrons. The number of hydrogen-bond donors (Lipinski definition) is 1. The summed E-state index contributed by atoms with van der Waals surface area (Å²) in [7, 11) is 0. The summed E-state index contributed by atoms with van der Waals surface area (Å²) in [6, 6.07) is 4.09. The molecular formula is C22H25N3O. The van der Waals surface area contributed by atoms with E-state index in [1.54, 1.807) is 6.20 Å². The van der Waals surface area contributed by atoms with Crippen LogP contribution in [0.2, 0.25) is 0 Å². The van der Waals surface area contributed by atoms with Crippen LogP contribution in [-0.2, 0) is 16.6 Å². The Hall–Kier alpha value is -2.23. The van der Waals surface area contributed by atoms with Gasteiger partial charge in [-0.25, -0.2) is 0 Å². The Bertz CT molecular complexity index is 934. The van der Waals surface area contributed by atoms with E-state index < -0.39 is 5.41 Å². The minimum Gasteiger partial charge on any atom is -0.294 e. The van der Waals surface area contributed by atoms with E-state index in [4.69, 9.17) is 5.10 Å².